The number of nitrogens with zero attached hydrogens (tertiary/aromatic N) is 2. The number of aryl methyl sites for hydroxylation is 1. The lowest BCUT2D eigenvalue weighted by Gasteiger charge is -2.19. The molecule has 0 fully saturated rings. The highest BCUT2D eigenvalue weighted by Crippen LogP contribution is 2.31. The summed E-state index contributed by atoms with van der Waals surface area (Å²) in [5.41, 5.74) is 4.97. The molecule has 2 aromatic heterocycles. The van der Waals surface area contributed by atoms with Gasteiger partial charge in [0, 0.05) is 12.1 Å². The molecule has 0 bridgehead atoms. The van der Waals surface area contributed by atoms with Crippen LogP contribution in [0.15, 0.2) is 48.5 Å². The van der Waals surface area contributed by atoms with E-state index in [2.05, 4.69) is 22.1 Å². The number of H-pyrrole nitrogens is 1. The number of esters is 1. The topological polar surface area (TPSA) is 84.5 Å². The van der Waals surface area contributed by atoms with Crippen molar-refractivity contribution < 1.29 is 19.1 Å². The van der Waals surface area contributed by atoms with Gasteiger partial charge in [-0.2, -0.15) is 0 Å². The van der Waals surface area contributed by atoms with Crippen molar-refractivity contribution in [2.75, 3.05) is 20.3 Å². The fourth-order valence-corrected chi connectivity index (χ4v) is 4.78. The summed E-state index contributed by atoms with van der Waals surface area (Å²) in [5, 5.41) is 0. The Morgan fingerprint density at radius 3 is 2.72 bits per heavy atom. The predicted molar refractivity (Wildman–Crippen MR) is 122 cm³/mol. The first-order chi connectivity index (χ1) is 15.5. The number of fused-ring (bicyclic) bond motifs is 2. The molecule has 0 unspecified atom stereocenters. The summed E-state index contributed by atoms with van der Waals surface area (Å²) in [6, 6.07) is 15.5. The maximum absolute atomic E-state index is 13.1. The van der Waals surface area contributed by atoms with Crippen LogP contribution in [0, 0.1) is 6.92 Å². The molecule has 0 saturated carbocycles. The van der Waals surface area contributed by atoms with Crippen LogP contribution in [0.2, 0.25) is 0 Å². The van der Waals surface area contributed by atoms with Crippen molar-refractivity contribution in [1.29, 1.82) is 0 Å². The van der Waals surface area contributed by atoms with Crippen molar-refractivity contribution in [3.8, 4) is 16.9 Å². The third-order valence-corrected chi connectivity index (χ3v) is 6.52. The number of benzene rings is 2. The number of ether oxygens (including phenoxy) is 2. The number of rotatable bonds is 3. The number of thiophene rings is 1. The van der Waals surface area contributed by atoms with Gasteiger partial charge < -0.3 is 19.4 Å². The van der Waals surface area contributed by atoms with E-state index in [9.17, 15) is 9.59 Å². The van der Waals surface area contributed by atoms with Gasteiger partial charge in [0.25, 0.3) is 5.91 Å². The Bertz CT molecular complexity index is 1340. The fraction of sp³-hybridized carbons (Fsp3) is 0.208. The normalized spacial score (nSPS) is 13.4. The molecule has 5 rings (SSSR count). The fourth-order valence-electron chi connectivity index (χ4n) is 3.88. The Morgan fingerprint density at radius 2 is 1.88 bits per heavy atom. The molecule has 7 nitrogen and oxygen atoms in total. The summed E-state index contributed by atoms with van der Waals surface area (Å²) in [6.07, 6.45) is 0. The molecule has 0 atom stereocenters. The lowest BCUT2D eigenvalue weighted by Crippen LogP contribution is -2.31. The number of carbonyl (C=O) groups excluding carboxylic acids is 2. The summed E-state index contributed by atoms with van der Waals surface area (Å²) < 4.78 is 10.7. The first-order valence-corrected chi connectivity index (χ1v) is 11.0. The number of methoxy groups -OCH3 is 1. The Balaban J connectivity index is 1.43. The number of amides is 1. The zero-order valence-electron chi connectivity index (χ0n) is 17.7. The summed E-state index contributed by atoms with van der Waals surface area (Å²) >= 11 is 1.14. The maximum Gasteiger partial charge on any atom is 0.348 e. The highest BCUT2D eigenvalue weighted by Gasteiger charge is 2.24. The Labute approximate surface area is 188 Å². The standard InChI is InChI=1S/C24H21N3O4S/c1-14-25-18-5-3-16(12-19(18)26-14)15-4-6-20-17(11-15)13-27(9-10-31-20)23(28)21-7-8-22(32-21)24(29)30-2/h3-8,11-12H,9-10,13H2,1-2H3,(H,25,26). The van der Waals surface area contributed by atoms with E-state index in [0.29, 0.717) is 29.5 Å². The number of hydrogen-bond acceptors (Lipinski definition) is 6. The van der Waals surface area contributed by atoms with Crippen LogP contribution in [0.3, 0.4) is 0 Å². The van der Waals surface area contributed by atoms with Gasteiger partial charge in [0.05, 0.1) is 29.6 Å². The van der Waals surface area contributed by atoms with Crippen LogP contribution in [0.1, 0.15) is 30.7 Å². The first-order valence-electron chi connectivity index (χ1n) is 10.2. The predicted octanol–water partition coefficient (Wildman–Crippen LogP) is 4.42. The molecule has 4 aromatic rings. The lowest BCUT2D eigenvalue weighted by atomic mass is 10.0. The number of carbonyl (C=O) groups is 2. The minimum absolute atomic E-state index is 0.124. The van der Waals surface area contributed by atoms with E-state index in [0.717, 1.165) is 50.6 Å². The van der Waals surface area contributed by atoms with Gasteiger partial charge in [-0.25, -0.2) is 9.78 Å². The van der Waals surface area contributed by atoms with Crippen LogP contribution in [0.25, 0.3) is 22.2 Å². The monoisotopic (exact) mass is 447 g/mol. The van der Waals surface area contributed by atoms with E-state index in [-0.39, 0.29) is 5.91 Å². The van der Waals surface area contributed by atoms with Crippen molar-refractivity contribution in [3.63, 3.8) is 0 Å². The summed E-state index contributed by atoms with van der Waals surface area (Å²) in [5.74, 6) is 1.10. The zero-order chi connectivity index (χ0) is 22.2. The van der Waals surface area contributed by atoms with Gasteiger partial charge in [0.1, 0.15) is 23.1 Å². The number of nitrogens with one attached hydrogen (secondary N) is 1. The highest BCUT2D eigenvalue weighted by atomic mass is 32.1. The van der Waals surface area contributed by atoms with E-state index >= 15 is 0 Å². The summed E-state index contributed by atoms with van der Waals surface area (Å²) in [7, 11) is 1.33. The average Bonchev–Trinajstić information content (AvgIpc) is 3.37. The molecule has 1 amide bonds. The Morgan fingerprint density at radius 1 is 1.09 bits per heavy atom. The molecule has 0 radical (unpaired) electrons. The third kappa shape index (κ3) is 3.73. The quantitative estimate of drug-likeness (QED) is 0.470. The van der Waals surface area contributed by atoms with Crippen molar-refractivity contribution in [1.82, 2.24) is 14.9 Å². The Hall–Kier alpha value is -3.65. The van der Waals surface area contributed by atoms with Crippen LogP contribution in [-0.4, -0.2) is 47.0 Å². The van der Waals surface area contributed by atoms with Gasteiger partial charge in [-0.1, -0.05) is 12.1 Å². The van der Waals surface area contributed by atoms with Crippen molar-refractivity contribution in [3.05, 3.63) is 69.7 Å². The molecule has 0 saturated heterocycles. The van der Waals surface area contributed by atoms with Gasteiger partial charge in [-0.3, -0.25) is 4.79 Å². The molecular weight excluding hydrogens is 426 g/mol. The van der Waals surface area contributed by atoms with E-state index in [1.165, 1.54) is 7.11 Å². The SMILES string of the molecule is COC(=O)c1ccc(C(=O)N2CCOc3ccc(-c4ccc5nc(C)[nH]c5c4)cc3C2)s1. The molecule has 162 valence electrons. The van der Waals surface area contributed by atoms with E-state index in [4.69, 9.17) is 9.47 Å². The molecule has 32 heavy (non-hydrogen) atoms. The minimum Gasteiger partial charge on any atom is -0.491 e. The molecule has 1 N–H and O–H groups in total. The summed E-state index contributed by atoms with van der Waals surface area (Å²) in [6.45, 7) is 3.24. The molecule has 8 heteroatoms. The van der Waals surface area contributed by atoms with Gasteiger partial charge in [0.2, 0.25) is 0 Å². The second-order valence-electron chi connectivity index (χ2n) is 7.61. The van der Waals surface area contributed by atoms with Crippen LogP contribution >= 0.6 is 11.3 Å². The second kappa shape index (κ2) is 8.12. The van der Waals surface area contributed by atoms with Crippen LogP contribution < -0.4 is 4.74 Å². The molecule has 1 aliphatic rings. The zero-order valence-corrected chi connectivity index (χ0v) is 18.5. The largest absolute Gasteiger partial charge is 0.491 e. The van der Waals surface area contributed by atoms with Gasteiger partial charge in [-0.05, 0) is 54.4 Å². The van der Waals surface area contributed by atoms with Gasteiger partial charge in [0.15, 0.2) is 0 Å². The van der Waals surface area contributed by atoms with Crippen molar-refractivity contribution in [2.45, 2.75) is 13.5 Å². The number of imidazole rings is 1. The van der Waals surface area contributed by atoms with Gasteiger partial charge >= 0.3 is 5.97 Å². The first kappa shape index (κ1) is 20.3. The van der Waals surface area contributed by atoms with E-state index < -0.39 is 5.97 Å². The molecule has 1 aliphatic heterocycles. The lowest BCUT2D eigenvalue weighted by molar-refractivity contribution is 0.0606. The molecule has 2 aromatic carbocycles. The van der Waals surface area contributed by atoms with Gasteiger partial charge in [-0.15, -0.1) is 11.3 Å². The molecule has 0 aliphatic carbocycles. The van der Waals surface area contributed by atoms with Crippen molar-refractivity contribution >= 4 is 34.2 Å². The average molecular weight is 448 g/mol. The van der Waals surface area contributed by atoms with E-state index in [1.54, 1.807) is 17.0 Å². The third-order valence-electron chi connectivity index (χ3n) is 5.46. The van der Waals surface area contributed by atoms with Crippen LogP contribution in [0.5, 0.6) is 5.75 Å². The summed E-state index contributed by atoms with van der Waals surface area (Å²) in [4.78, 5) is 35.2. The Kier molecular flexibility index (Phi) is 5.14. The van der Waals surface area contributed by atoms with E-state index in [1.807, 2.05) is 31.2 Å². The maximum atomic E-state index is 13.1. The number of hydrogen-bond donors (Lipinski definition) is 1. The molecule has 0 spiro atoms. The molecule has 3 heterocycles. The smallest absolute Gasteiger partial charge is 0.348 e. The van der Waals surface area contributed by atoms with Crippen LogP contribution in [0.4, 0.5) is 0 Å². The number of aromatic amines is 1. The highest BCUT2D eigenvalue weighted by molar-refractivity contribution is 7.15. The minimum atomic E-state index is -0.437. The number of aromatic nitrogens is 2. The second-order valence-corrected chi connectivity index (χ2v) is 8.69. The van der Waals surface area contributed by atoms with Crippen molar-refractivity contribution in [2.24, 2.45) is 0 Å². The molecular formula is C24H21N3O4S. The van der Waals surface area contributed by atoms with Crippen LogP contribution in [-0.2, 0) is 11.3 Å².